The summed E-state index contributed by atoms with van der Waals surface area (Å²) >= 11 is 6.06. The van der Waals surface area contributed by atoms with Gasteiger partial charge in [-0.15, -0.1) is 0 Å². The molecule has 2 aliphatic heterocycles. The first-order chi connectivity index (χ1) is 17.4. The lowest BCUT2D eigenvalue weighted by atomic mass is 9.77. The van der Waals surface area contributed by atoms with Crippen LogP contribution >= 0.6 is 11.6 Å². The highest BCUT2D eigenvalue weighted by Crippen LogP contribution is 2.57. The minimum absolute atomic E-state index is 0.00735. The Hall–Kier alpha value is -3.81. The van der Waals surface area contributed by atoms with E-state index in [4.69, 9.17) is 21.1 Å². The normalized spacial score (nSPS) is 23.9. The molecule has 6 rings (SSSR count). The number of halogens is 1. The highest BCUT2D eigenvalue weighted by molar-refractivity contribution is 6.35. The molecule has 0 saturated carbocycles. The average Bonchev–Trinajstić information content (AvgIpc) is 3.46. The molecule has 0 aromatic heterocycles. The van der Waals surface area contributed by atoms with Crippen LogP contribution in [0, 0.1) is 11.8 Å². The minimum atomic E-state index is -2.08. The molecule has 3 atom stereocenters. The SMILES string of the molecule is COc1ccc(CN2C(=O)[C@@H]3[C@@H](c4ccc(Cl)cc4)OC4(C(=O)c5ccccc5C4=O)[C@H]3C2=O)cc1. The number of ketones is 2. The van der Waals surface area contributed by atoms with Gasteiger partial charge >= 0.3 is 0 Å². The van der Waals surface area contributed by atoms with Crippen LogP contribution < -0.4 is 4.74 Å². The molecule has 3 aliphatic rings. The van der Waals surface area contributed by atoms with Crippen molar-refractivity contribution < 1.29 is 28.7 Å². The van der Waals surface area contributed by atoms with Crippen LogP contribution in [0.2, 0.25) is 5.02 Å². The summed E-state index contributed by atoms with van der Waals surface area (Å²) in [6, 6.07) is 20.1. The Kier molecular flexibility index (Phi) is 5.10. The van der Waals surface area contributed by atoms with Crippen molar-refractivity contribution in [3.05, 3.63) is 100 Å². The second-order valence-corrected chi connectivity index (χ2v) is 9.58. The van der Waals surface area contributed by atoms with Gasteiger partial charge in [-0.3, -0.25) is 24.1 Å². The molecule has 7 nitrogen and oxygen atoms in total. The van der Waals surface area contributed by atoms with Crippen LogP contribution in [-0.4, -0.2) is 41.0 Å². The number of Topliss-reactive ketones (excluding diaryl/α,β-unsaturated/α-hetero) is 2. The minimum Gasteiger partial charge on any atom is -0.497 e. The number of nitrogens with zero attached hydrogens (tertiary/aromatic N) is 1. The van der Waals surface area contributed by atoms with E-state index < -0.39 is 46.9 Å². The number of rotatable bonds is 4. The van der Waals surface area contributed by atoms with Gasteiger partial charge in [-0.25, -0.2) is 0 Å². The predicted molar refractivity (Wildman–Crippen MR) is 129 cm³/mol. The molecular formula is C28H20ClNO6. The van der Waals surface area contributed by atoms with E-state index in [1.165, 1.54) is 0 Å². The van der Waals surface area contributed by atoms with Crippen LogP contribution in [-0.2, 0) is 20.9 Å². The van der Waals surface area contributed by atoms with Crippen LogP contribution in [0.5, 0.6) is 5.75 Å². The molecule has 1 spiro atoms. The molecule has 2 amide bonds. The number of carbonyl (C=O) groups is 4. The largest absolute Gasteiger partial charge is 0.497 e. The molecule has 2 fully saturated rings. The zero-order valence-corrected chi connectivity index (χ0v) is 19.9. The first-order valence-corrected chi connectivity index (χ1v) is 11.8. The lowest BCUT2D eigenvalue weighted by molar-refractivity contribution is -0.145. The predicted octanol–water partition coefficient (Wildman–Crippen LogP) is 4.04. The number of carbonyl (C=O) groups excluding carboxylic acids is 4. The Morgan fingerprint density at radius 2 is 1.47 bits per heavy atom. The summed E-state index contributed by atoms with van der Waals surface area (Å²) in [6.45, 7) is 0.00735. The van der Waals surface area contributed by atoms with Crippen LogP contribution in [0.3, 0.4) is 0 Å². The molecule has 2 heterocycles. The second kappa shape index (κ2) is 8.11. The average molecular weight is 502 g/mol. The highest BCUT2D eigenvalue weighted by Gasteiger charge is 2.74. The topological polar surface area (TPSA) is 90.0 Å². The maximum atomic E-state index is 13.8. The quantitative estimate of drug-likeness (QED) is 0.396. The molecule has 0 N–H and O–H groups in total. The second-order valence-electron chi connectivity index (χ2n) is 9.14. The molecule has 0 radical (unpaired) electrons. The van der Waals surface area contributed by atoms with Crippen molar-refractivity contribution in [1.82, 2.24) is 4.90 Å². The monoisotopic (exact) mass is 501 g/mol. The van der Waals surface area contributed by atoms with E-state index in [9.17, 15) is 19.2 Å². The molecule has 180 valence electrons. The van der Waals surface area contributed by atoms with Crippen LogP contribution in [0.15, 0.2) is 72.8 Å². The van der Waals surface area contributed by atoms with Gasteiger partial charge in [0.1, 0.15) is 5.75 Å². The number of ether oxygens (including phenoxy) is 2. The van der Waals surface area contributed by atoms with Gasteiger partial charge in [0.15, 0.2) is 0 Å². The Labute approximate surface area is 211 Å². The molecule has 0 unspecified atom stereocenters. The summed E-state index contributed by atoms with van der Waals surface area (Å²) < 4.78 is 11.4. The Morgan fingerprint density at radius 3 is 2.06 bits per heavy atom. The number of benzene rings is 3. The summed E-state index contributed by atoms with van der Waals surface area (Å²) in [4.78, 5) is 56.2. The zero-order chi connectivity index (χ0) is 25.2. The van der Waals surface area contributed by atoms with Crippen molar-refractivity contribution in [3.63, 3.8) is 0 Å². The van der Waals surface area contributed by atoms with Crippen molar-refractivity contribution >= 4 is 35.0 Å². The molecule has 2 saturated heterocycles. The Bertz CT molecular complexity index is 1400. The molecule has 0 bridgehead atoms. The zero-order valence-electron chi connectivity index (χ0n) is 19.1. The van der Waals surface area contributed by atoms with E-state index >= 15 is 0 Å². The molecule has 8 heteroatoms. The van der Waals surface area contributed by atoms with Crippen molar-refractivity contribution in [2.45, 2.75) is 18.2 Å². The van der Waals surface area contributed by atoms with Crippen LogP contribution in [0.4, 0.5) is 0 Å². The first kappa shape index (κ1) is 22.6. The maximum Gasteiger partial charge on any atom is 0.237 e. The lowest BCUT2D eigenvalue weighted by Crippen LogP contribution is -2.50. The van der Waals surface area contributed by atoms with Gasteiger partial charge in [0.25, 0.3) is 0 Å². The standard InChI is InChI=1S/C28H20ClNO6/c1-35-18-12-6-15(7-13-18)14-30-26(33)21-22(27(30)34)28(36-23(21)16-8-10-17(29)11-9-16)24(31)19-4-2-3-5-20(19)25(28)32/h2-13,21-23H,14H2,1H3/t21-,22+,23+/m0/s1. The molecular weight excluding hydrogens is 482 g/mol. The van der Waals surface area contributed by atoms with E-state index in [1.54, 1.807) is 79.9 Å². The summed E-state index contributed by atoms with van der Waals surface area (Å²) in [7, 11) is 1.55. The van der Waals surface area contributed by atoms with E-state index in [-0.39, 0.29) is 17.7 Å². The molecule has 3 aromatic rings. The number of likely N-dealkylation sites (tertiary alicyclic amines) is 1. The van der Waals surface area contributed by atoms with Gasteiger partial charge < -0.3 is 9.47 Å². The summed E-state index contributed by atoms with van der Waals surface area (Å²) in [6.07, 6.45) is -0.966. The van der Waals surface area contributed by atoms with Crippen LogP contribution in [0.25, 0.3) is 0 Å². The van der Waals surface area contributed by atoms with Crippen molar-refractivity contribution in [1.29, 1.82) is 0 Å². The third-order valence-electron chi connectivity index (χ3n) is 7.31. The van der Waals surface area contributed by atoms with E-state index in [0.717, 1.165) is 4.90 Å². The summed E-state index contributed by atoms with van der Waals surface area (Å²) in [5.74, 6) is -3.88. The Morgan fingerprint density at radius 1 is 0.861 bits per heavy atom. The van der Waals surface area contributed by atoms with Crippen molar-refractivity contribution in [3.8, 4) is 5.75 Å². The number of methoxy groups -OCH3 is 1. The van der Waals surface area contributed by atoms with Crippen molar-refractivity contribution in [2.75, 3.05) is 7.11 Å². The van der Waals surface area contributed by atoms with Gasteiger partial charge in [0, 0.05) is 16.1 Å². The van der Waals surface area contributed by atoms with E-state index in [0.29, 0.717) is 21.9 Å². The fourth-order valence-electron chi connectivity index (χ4n) is 5.60. The summed E-state index contributed by atoms with van der Waals surface area (Å²) in [5.41, 5.74) is -0.406. The van der Waals surface area contributed by atoms with Crippen LogP contribution in [0.1, 0.15) is 37.9 Å². The Balaban J connectivity index is 1.45. The third-order valence-corrected chi connectivity index (χ3v) is 7.56. The number of hydrogen-bond donors (Lipinski definition) is 0. The molecule has 3 aromatic carbocycles. The molecule has 1 aliphatic carbocycles. The number of hydrogen-bond acceptors (Lipinski definition) is 6. The van der Waals surface area contributed by atoms with E-state index in [1.807, 2.05) is 0 Å². The van der Waals surface area contributed by atoms with Gasteiger partial charge in [-0.2, -0.15) is 0 Å². The molecule has 36 heavy (non-hydrogen) atoms. The van der Waals surface area contributed by atoms with Gasteiger partial charge in [-0.1, -0.05) is 60.1 Å². The van der Waals surface area contributed by atoms with E-state index in [2.05, 4.69) is 0 Å². The maximum absolute atomic E-state index is 13.8. The van der Waals surface area contributed by atoms with Gasteiger partial charge in [-0.05, 0) is 35.4 Å². The van der Waals surface area contributed by atoms with Gasteiger partial charge in [0.2, 0.25) is 29.0 Å². The summed E-state index contributed by atoms with van der Waals surface area (Å²) in [5, 5.41) is 0.485. The van der Waals surface area contributed by atoms with Gasteiger partial charge in [0.05, 0.1) is 31.6 Å². The number of imide groups is 1. The fourth-order valence-corrected chi connectivity index (χ4v) is 5.73. The number of amides is 2. The highest BCUT2D eigenvalue weighted by atomic mass is 35.5. The fraction of sp³-hybridized carbons (Fsp3) is 0.214. The van der Waals surface area contributed by atoms with Crippen molar-refractivity contribution in [2.24, 2.45) is 11.8 Å². The third kappa shape index (κ3) is 3.03. The number of fused-ring (bicyclic) bond motifs is 3. The lowest BCUT2D eigenvalue weighted by Gasteiger charge is -2.27. The smallest absolute Gasteiger partial charge is 0.237 e. The first-order valence-electron chi connectivity index (χ1n) is 11.5.